The summed E-state index contributed by atoms with van der Waals surface area (Å²) >= 11 is 6.15. The summed E-state index contributed by atoms with van der Waals surface area (Å²) < 4.78 is 0. The normalized spacial score (nSPS) is 11.0. The number of nitrogens with one attached hydrogen (secondary N) is 1. The quantitative estimate of drug-likeness (QED) is 0.843. The lowest BCUT2D eigenvalue weighted by atomic mass is 9.98. The monoisotopic (exact) mass is 273 g/mol. The Bertz CT molecular complexity index is 561. The van der Waals surface area contributed by atoms with E-state index in [4.69, 9.17) is 11.6 Å². The van der Waals surface area contributed by atoms with Gasteiger partial charge in [-0.25, -0.2) is 0 Å². The third-order valence-corrected chi connectivity index (χ3v) is 3.34. The van der Waals surface area contributed by atoms with Crippen LogP contribution < -0.4 is 5.32 Å². The second kappa shape index (κ2) is 6.23. The van der Waals surface area contributed by atoms with Gasteiger partial charge in [0.05, 0.1) is 0 Å². The van der Waals surface area contributed by atoms with Gasteiger partial charge < -0.3 is 5.32 Å². The molecule has 0 bridgehead atoms. The van der Waals surface area contributed by atoms with Gasteiger partial charge in [-0.15, -0.1) is 0 Å². The molecule has 2 heteroatoms. The molecule has 0 fully saturated rings. The van der Waals surface area contributed by atoms with Crippen molar-refractivity contribution >= 4 is 11.6 Å². The largest absolute Gasteiger partial charge is 0.310 e. The molecule has 0 aromatic heterocycles. The van der Waals surface area contributed by atoms with Crippen LogP contribution in [0.15, 0.2) is 42.5 Å². The first-order valence-electron chi connectivity index (χ1n) is 6.65. The van der Waals surface area contributed by atoms with Crippen LogP contribution in [0, 0.1) is 6.92 Å². The van der Waals surface area contributed by atoms with Gasteiger partial charge in [0.2, 0.25) is 0 Å². The molecule has 0 aliphatic carbocycles. The molecule has 19 heavy (non-hydrogen) atoms. The second-order valence-corrected chi connectivity index (χ2v) is 5.64. The van der Waals surface area contributed by atoms with Gasteiger partial charge in [0, 0.05) is 17.6 Å². The first-order chi connectivity index (χ1) is 9.06. The zero-order valence-corrected chi connectivity index (χ0v) is 12.5. The van der Waals surface area contributed by atoms with Crippen LogP contribution in [0.1, 0.15) is 25.0 Å². The summed E-state index contributed by atoms with van der Waals surface area (Å²) in [6, 6.07) is 15.1. The first kappa shape index (κ1) is 14.1. The van der Waals surface area contributed by atoms with Crippen LogP contribution in [0.25, 0.3) is 11.1 Å². The Morgan fingerprint density at radius 1 is 1.11 bits per heavy atom. The molecule has 1 nitrogen and oxygen atoms in total. The summed E-state index contributed by atoms with van der Waals surface area (Å²) in [6.07, 6.45) is 0. The summed E-state index contributed by atoms with van der Waals surface area (Å²) in [5.74, 6) is 0. The SMILES string of the molecule is Cc1cccc(-c2cc(Cl)ccc2CNC(C)C)c1. The molecule has 0 saturated heterocycles. The molecule has 0 heterocycles. The summed E-state index contributed by atoms with van der Waals surface area (Å²) in [5, 5.41) is 4.25. The Labute approximate surface area is 120 Å². The van der Waals surface area contributed by atoms with E-state index in [1.807, 2.05) is 12.1 Å². The van der Waals surface area contributed by atoms with Crippen molar-refractivity contribution in [3.8, 4) is 11.1 Å². The number of hydrogen-bond acceptors (Lipinski definition) is 1. The van der Waals surface area contributed by atoms with Gasteiger partial charge >= 0.3 is 0 Å². The maximum Gasteiger partial charge on any atom is 0.0412 e. The summed E-state index contributed by atoms with van der Waals surface area (Å²) in [6.45, 7) is 7.28. The van der Waals surface area contributed by atoms with Gasteiger partial charge in [-0.2, -0.15) is 0 Å². The molecule has 0 spiro atoms. The van der Waals surface area contributed by atoms with E-state index in [2.05, 4.69) is 56.4 Å². The predicted molar refractivity (Wildman–Crippen MR) is 83.6 cm³/mol. The molecule has 0 amide bonds. The number of hydrogen-bond donors (Lipinski definition) is 1. The van der Waals surface area contributed by atoms with E-state index in [0.717, 1.165) is 11.6 Å². The van der Waals surface area contributed by atoms with Gasteiger partial charge in [-0.1, -0.05) is 61.3 Å². The van der Waals surface area contributed by atoms with Crippen molar-refractivity contribution in [2.45, 2.75) is 33.4 Å². The van der Waals surface area contributed by atoms with Crippen LogP contribution >= 0.6 is 11.6 Å². The third-order valence-electron chi connectivity index (χ3n) is 3.10. The molecular formula is C17H20ClN. The topological polar surface area (TPSA) is 12.0 Å². The maximum atomic E-state index is 6.15. The molecule has 0 aliphatic heterocycles. The van der Waals surface area contributed by atoms with Crippen LogP contribution in [0.5, 0.6) is 0 Å². The minimum absolute atomic E-state index is 0.473. The second-order valence-electron chi connectivity index (χ2n) is 5.21. The fourth-order valence-corrected chi connectivity index (χ4v) is 2.27. The summed E-state index contributed by atoms with van der Waals surface area (Å²) in [4.78, 5) is 0. The number of halogens is 1. The lowest BCUT2D eigenvalue weighted by Crippen LogP contribution is -2.22. The smallest absolute Gasteiger partial charge is 0.0412 e. The molecule has 100 valence electrons. The van der Waals surface area contributed by atoms with Gasteiger partial charge in [-0.3, -0.25) is 0 Å². The van der Waals surface area contributed by atoms with Crippen molar-refractivity contribution in [1.29, 1.82) is 0 Å². The fraction of sp³-hybridized carbons (Fsp3) is 0.294. The van der Waals surface area contributed by atoms with Crippen molar-refractivity contribution < 1.29 is 0 Å². The van der Waals surface area contributed by atoms with Crippen LogP contribution in [0.2, 0.25) is 5.02 Å². The minimum Gasteiger partial charge on any atom is -0.310 e. The Morgan fingerprint density at radius 3 is 2.58 bits per heavy atom. The van der Waals surface area contributed by atoms with Crippen LogP contribution in [-0.2, 0) is 6.54 Å². The van der Waals surface area contributed by atoms with E-state index >= 15 is 0 Å². The highest BCUT2D eigenvalue weighted by molar-refractivity contribution is 6.30. The maximum absolute atomic E-state index is 6.15. The standard InChI is InChI=1S/C17H20ClN/c1-12(2)19-11-15-7-8-16(18)10-17(15)14-6-4-5-13(3)9-14/h4-10,12,19H,11H2,1-3H3. The first-order valence-corrected chi connectivity index (χ1v) is 7.03. The Hall–Kier alpha value is -1.31. The molecule has 2 rings (SSSR count). The van der Waals surface area contributed by atoms with Crippen LogP contribution in [-0.4, -0.2) is 6.04 Å². The molecular weight excluding hydrogens is 254 g/mol. The van der Waals surface area contributed by atoms with Crippen molar-refractivity contribution in [3.05, 3.63) is 58.6 Å². The lowest BCUT2D eigenvalue weighted by molar-refractivity contribution is 0.589. The Balaban J connectivity index is 2.39. The van der Waals surface area contributed by atoms with E-state index in [1.54, 1.807) is 0 Å². The highest BCUT2D eigenvalue weighted by atomic mass is 35.5. The number of rotatable bonds is 4. The molecule has 2 aromatic rings. The third kappa shape index (κ3) is 3.82. The van der Waals surface area contributed by atoms with Crippen LogP contribution in [0.4, 0.5) is 0 Å². The Morgan fingerprint density at radius 2 is 1.89 bits per heavy atom. The average molecular weight is 274 g/mol. The fourth-order valence-electron chi connectivity index (χ4n) is 2.10. The summed E-state index contributed by atoms with van der Waals surface area (Å²) in [5.41, 5.74) is 4.98. The van der Waals surface area contributed by atoms with E-state index in [-0.39, 0.29) is 0 Å². The highest BCUT2D eigenvalue weighted by Gasteiger charge is 2.07. The molecule has 0 atom stereocenters. The van der Waals surface area contributed by atoms with E-state index < -0.39 is 0 Å². The zero-order valence-electron chi connectivity index (χ0n) is 11.7. The Kier molecular flexibility index (Phi) is 4.62. The van der Waals surface area contributed by atoms with Gasteiger partial charge in [0.25, 0.3) is 0 Å². The minimum atomic E-state index is 0.473. The number of aryl methyl sites for hydroxylation is 1. The summed E-state index contributed by atoms with van der Waals surface area (Å²) in [7, 11) is 0. The van der Waals surface area contributed by atoms with E-state index in [1.165, 1.54) is 22.3 Å². The van der Waals surface area contributed by atoms with Crippen molar-refractivity contribution in [3.63, 3.8) is 0 Å². The average Bonchev–Trinajstić information content (AvgIpc) is 2.37. The van der Waals surface area contributed by atoms with E-state index in [0.29, 0.717) is 6.04 Å². The van der Waals surface area contributed by atoms with Crippen molar-refractivity contribution in [2.24, 2.45) is 0 Å². The van der Waals surface area contributed by atoms with Gasteiger partial charge in [-0.05, 0) is 35.7 Å². The highest BCUT2D eigenvalue weighted by Crippen LogP contribution is 2.27. The molecule has 0 saturated carbocycles. The molecule has 2 aromatic carbocycles. The molecule has 0 radical (unpaired) electrons. The lowest BCUT2D eigenvalue weighted by Gasteiger charge is -2.14. The number of benzene rings is 2. The molecule has 0 aliphatic rings. The predicted octanol–water partition coefficient (Wildman–Crippen LogP) is 4.81. The van der Waals surface area contributed by atoms with Crippen molar-refractivity contribution in [1.82, 2.24) is 5.32 Å². The molecule has 1 N–H and O–H groups in total. The van der Waals surface area contributed by atoms with E-state index in [9.17, 15) is 0 Å². The van der Waals surface area contributed by atoms with Crippen LogP contribution in [0.3, 0.4) is 0 Å². The molecule has 0 unspecified atom stereocenters. The van der Waals surface area contributed by atoms with Gasteiger partial charge in [0.15, 0.2) is 0 Å². The zero-order chi connectivity index (χ0) is 13.8. The van der Waals surface area contributed by atoms with Gasteiger partial charge in [0.1, 0.15) is 0 Å². The van der Waals surface area contributed by atoms with Crippen molar-refractivity contribution in [2.75, 3.05) is 0 Å².